The van der Waals surface area contributed by atoms with Gasteiger partial charge in [0.15, 0.2) is 0 Å². The topological polar surface area (TPSA) is 76.7 Å². The van der Waals surface area contributed by atoms with Gasteiger partial charge in [0.2, 0.25) is 0 Å². The first-order chi connectivity index (χ1) is 15.2. The second-order valence-electron chi connectivity index (χ2n) is 8.74. The van der Waals surface area contributed by atoms with E-state index in [2.05, 4.69) is 51.2 Å². The van der Waals surface area contributed by atoms with Crippen molar-refractivity contribution < 1.29 is 9.59 Å². The van der Waals surface area contributed by atoms with Gasteiger partial charge >= 0.3 is 12.1 Å². The van der Waals surface area contributed by atoms with Crippen LogP contribution in [0.5, 0.6) is 0 Å². The van der Waals surface area contributed by atoms with Crippen molar-refractivity contribution in [2.24, 2.45) is 0 Å². The van der Waals surface area contributed by atoms with Crippen molar-refractivity contribution in [3.63, 3.8) is 0 Å². The summed E-state index contributed by atoms with van der Waals surface area (Å²) in [7, 11) is 0. The number of fused-ring (bicyclic) bond motifs is 2. The number of carbonyl (C=O) groups is 2. The largest absolute Gasteiger partial charge is 0.336 e. The molecule has 3 saturated heterocycles. The lowest BCUT2D eigenvalue weighted by molar-refractivity contribution is 0.112. The first-order valence-corrected chi connectivity index (χ1v) is 11.2. The molecule has 3 fully saturated rings. The molecular weight excluding hydrogens is 390 g/mol. The van der Waals surface area contributed by atoms with E-state index >= 15 is 0 Å². The van der Waals surface area contributed by atoms with E-state index < -0.39 is 0 Å². The SMILES string of the molecule is O=C(Nc1cccc(N2CCNC2=O)c1)NC1CC2CCC(C1)N2Cc1ccccc1. The molecule has 0 spiro atoms. The number of hydrogen-bond donors (Lipinski definition) is 3. The molecule has 3 N–H and O–H groups in total. The van der Waals surface area contributed by atoms with E-state index in [9.17, 15) is 9.59 Å². The van der Waals surface area contributed by atoms with Crippen LogP contribution in [0.2, 0.25) is 0 Å². The number of nitrogens with one attached hydrogen (secondary N) is 3. The Kier molecular flexibility index (Phi) is 5.51. The molecule has 2 aromatic rings. The van der Waals surface area contributed by atoms with Crippen LogP contribution in [0.15, 0.2) is 54.6 Å². The standard InChI is InChI=1S/C24H29N5O2/c30-23(26-18-7-4-8-20(13-18)28-12-11-25-24(28)31)27-19-14-21-9-10-22(15-19)29(21)16-17-5-2-1-3-6-17/h1-8,13,19,21-22H,9-12,14-16H2,(H,25,31)(H2,26,27,30). The molecule has 0 radical (unpaired) electrons. The monoisotopic (exact) mass is 419 g/mol. The van der Waals surface area contributed by atoms with E-state index in [0.717, 1.165) is 25.1 Å². The molecule has 3 aliphatic rings. The van der Waals surface area contributed by atoms with Gasteiger partial charge in [0.25, 0.3) is 0 Å². The predicted molar refractivity (Wildman–Crippen MR) is 121 cm³/mol. The summed E-state index contributed by atoms with van der Waals surface area (Å²) in [6.45, 7) is 2.27. The van der Waals surface area contributed by atoms with E-state index in [1.807, 2.05) is 24.3 Å². The molecule has 2 unspecified atom stereocenters. The maximum absolute atomic E-state index is 12.7. The summed E-state index contributed by atoms with van der Waals surface area (Å²) in [5, 5.41) is 8.93. The normalized spacial score (nSPS) is 25.4. The Labute approximate surface area is 182 Å². The summed E-state index contributed by atoms with van der Waals surface area (Å²) in [5.41, 5.74) is 2.84. The van der Waals surface area contributed by atoms with Crippen molar-refractivity contribution in [1.82, 2.24) is 15.5 Å². The number of piperidine rings is 1. The lowest BCUT2D eigenvalue weighted by Crippen LogP contribution is -2.50. The van der Waals surface area contributed by atoms with Crippen molar-refractivity contribution in [3.8, 4) is 0 Å². The van der Waals surface area contributed by atoms with Crippen molar-refractivity contribution in [2.45, 2.75) is 50.4 Å². The number of rotatable bonds is 5. The molecule has 3 heterocycles. The zero-order valence-electron chi connectivity index (χ0n) is 17.6. The third-order valence-electron chi connectivity index (χ3n) is 6.70. The van der Waals surface area contributed by atoms with Crippen LogP contribution >= 0.6 is 0 Å². The van der Waals surface area contributed by atoms with Crippen LogP contribution in [0.25, 0.3) is 0 Å². The minimum Gasteiger partial charge on any atom is -0.336 e. The van der Waals surface area contributed by atoms with Gasteiger partial charge in [0, 0.05) is 49.1 Å². The third-order valence-corrected chi connectivity index (χ3v) is 6.70. The Morgan fingerprint density at radius 1 is 1.03 bits per heavy atom. The van der Waals surface area contributed by atoms with Crippen molar-refractivity contribution in [3.05, 3.63) is 60.2 Å². The molecule has 5 rings (SSSR count). The lowest BCUT2D eigenvalue weighted by atomic mass is 9.96. The summed E-state index contributed by atoms with van der Waals surface area (Å²) in [6.07, 6.45) is 4.39. The van der Waals surface area contributed by atoms with E-state index in [4.69, 9.17) is 0 Å². The van der Waals surface area contributed by atoms with Gasteiger partial charge in [-0.05, 0) is 49.4 Å². The molecule has 2 atom stereocenters. The average molecular weight is 420 g/mol. The van der Waals surface area contributed by atoms with Crippen LogP contribution in [0, 0.1) is 0 Å². The second kappa shape index (κ2) is 8.59. The molecule has 31 heavy (non-hydrogen) atoms. The zero-order chi connectivity index (χ0) is 21.2. The maximum atomic E-state index is 12.7. The van der Waals surface area contributed by atoms with Gasteiger partial charge in [-0.25, -0.2) is 9.59 Å². The maximum Gasteiger partial charge on any atom is 0.321 e. The lowest BCUT2D eigenvalue weighted by Gasteiger charge is -2.39. The van der Waals surface area contributed by atoms with Gasteiger partial charge in [0.05, 0.1) is 0 Å². The van der Waals surface area contributed by atoms with Crippen LogP contribution in [0.3, 0.4) is 0 Å². The van der Waals surface area contributed by atoms with E-state index in [1.165, 1.54) is 18.4 Å². The highest BCUT2D eigenvalue weighted by atomic mass is 16.2. The highest BCUT2D eigenvalue weighted by molar-refractivity contribution is 5.95. The Hall–Kier alpha value is -3.06. The quantitative estimate of drug-likeness (QED) is 0.694. The third kappa shape index (κ3) is 4.37. The molecule has 7 nitrogen and oxygen atoms in total. The zero-order valence-corrected chi connectivity index (χ0v) is 17.6. The minimum atomic E-state index is -0.177. The van der Waals surface area contributed by atoms with Crippen molar-refractivity contribution >= 4 is 23.4 Å². The molecule has 3 aliphatic heterocycles. The Morgan fingerprint density at radius 2 is 1.81 bits per heavy atom. The molecule has 0 aliphatic carbocycles. The van der Waals surface area contributed by atoms with Crippen molar-refractivity contribution in [2.75, 3.05) is 23.3 Å². The number of anilines is 2. The summed E-state index contributed by atoms with van der Waals surface area (Å²) in [6, 6.07) is 19.0. The number of hydrogen-bond acceptors (Lipinski definition) is 3. The summed E-state index contributed by atoms with van der Waals surface area (Å²) < 4.78 is 0. The second-order valence-corrected chi connectivity index (χ2v) is 8.74. The van der Waals surface area contributed by atoms with Gasteiger partial charge in [-0.15, -0.1) is 0 Å². The fourth-order valence-electron chi connectivity index (χ4n) is 5.27. The minimum absolute atomic E-state index is 0.0978. The smallest absolute Gasteiger partial charge is 0.321 e. The first kappa shape index (κ1) is 19.9. The van der Waals surface area contributed by atoms with Crippen LogP contribution in [-0.2, 0) is 6.54 Å². The molecule has 4 amide bonds. The number of benzene rings is 2. The van der Waals surface area contributed by atoms with Gasteiger partial charge in [-0.3, -0.25) is 9.80 Å². The Balaban J connectivity index is 1.16. The number of urea groups is 2. The van der Waals surface area contributed by atoms with Crippen molar-refractivity contribution in [1.29, 1.82) is 0 Å². The fraction of sp³-hybridized carbons (Fsp3) is 0.417. The van der Waals surface area contributed by atoms with Crippen LogP contribution in [-0.4, -0.2) is 48.2 Å². The van der Waals surface area contributed by atoms with Crippen LogP contribution < -0.4 is 20.9 Å². The summed E-state index contributed by atoms with van der Waals surface area (Å²) >= 11 is 0. The molecule has 2 bridgehead atoms. The fourth-order valence-corrected chi connectivity index (χ4v) is 5.27. The van der Waals surface area contributed by atoms with Gasteiger partial charge < -0.3 is 16.0 Å². The van der Waals surface area contributed by atoms with Gasteiger partial charge in [0.1, 0.15) is 0 Å². The molecule has 7 heteroatoms. The van der Waals surface area contributed by atoms with E-state index in [0.29, 0.717) is 30.9 Å². The predicted octanol–water partition coefficient (Wildman–Crippen LogP) is 3.53. The van der Waals surface area contributed by atoms with Gasteiger partial charge in [-0.1, -0.05) is 36.4 Å². The Bertz CT molecular complexity index is 936. The van der Waals surface area contributed by atoms with E-state index in [-0.39, 0.29) is 18.1 Å². The molecular formula is C24H29N5O2. The first-order valence-electron chi connectivity index (χ1n) is 11.2. The number of nitrogens with zero attached hydrogens (tertiary/aromatic N) is 2. The molecule has 2 aromatic carbocycles. The number of amides is 4. The average Bonchev–Trinajstić information content (AvgIpc) is 3.29. The van der Waals surface area contributed by atoms with Gasteiger partial charge in [-0.2, -0.15) is 0 Å². The highest BCUT2D eigenvalue weighted by Gasteiger charge is 2.40. The summed E-state index contributed by atoms with van der Waals surface area (Å²) in [4.78, 5) is 28.9. The van der Waals surface area contributed by atoms with E-state index in [1.54, 1.807) is 4.90 Å². The molecule has 0 aromatic heterocycles. The van der Waals surface area contributed by atoms with Crippen LogP contribution in [0.1, 0.15) is 31.2 Å². The highest BCUT2D eigenvalue weighted by Crippen LogP contribution is 2.36. The number of carbonyl (C=O) groups excluding carboxylic acids is 2. The molecule has 162 valence electrons. The summed E-state index contributed by atoms with van der Waals surface area (Å²) in [5.74, 6) is 0. The Morgan fingerprint density at radius 3 is 2.52 bits per heavy atom. The van der Waals surface area contributed by atoms with Crippen LogP contribution in [0.4, 0.5) is 21.0 Å². The molecule has 0 saturated carbocycles.